The summed E-state index contributed by atoms with van der Waals surface area (Å²) in [4.78, 5) is 9.19. The van der Waals surface area contributed by atoms with E-state index in [1.165, 1.54) is 0 Å². The van der Waals surface area contributed by atoms with Crippen molar-refractivity contribution in [3.05, 3.63) is 46.8 Å². The lowest BCUT2D eigenvalue weighted by atomic mass is 10.0. The Labute approximate surface area is 176 Å². The van der Waals surface area contributed by atoms with E-state index in [1.807, 2.05) is 45.0 Å². The van der Waals surface area contributed by atoms with Crippen molar-refractivity contribution in [2.45, 2.75) is 47.1 Å². The predicted octanol–water partition coefficient (Wildman–Crippen LogP) is 3.65. The normalized spacial score (nSPS) is 12.4. The van der Waals surface area contributed by atoms with Crippen LogP contribution in [0.1, 0.15) is 36.4 Å². The number of ether oxygens (including phenoxy) is 1. The first kappa shape index (κ1) is 21.9. The van der Waals surface area contributed by atoms with Gasteiger partial charge in [-0.2, -0.15) is 4.98 Å². The highest BCUT2D eigenvalue weighted by Crippen LogP contribution is 2.30. The first-order valence-electron chi connectivity index (χ1n) is 10.1. The lowest BCUT2D eigenvalue weighted by Gasteiger charge is -2.15. The Balaban J connectivity index is 1.87. The lowest BCUT2D eigenvalue weighted by molar-refractivity contribution is 0.0532. The number of hydrogen-bond acceptors (Lipinski definition) is 7. The molecule has 160 valence electrons. The van der Waals surface area contributed by atoms with E-state index in [4.69, 9.17) is 14.4 Å². The zero-order chi connectivity index (χ0) is 21.8. The lowest BCUT2D eigenvalue weighted by Crippen LogP contribution is -2.21. The molecule has 3 rings (SSSR count). The maximum absolute atomic E-state index is 9.52. The maximum Gasteiger partial charge on any atom is 0.258 e. The number of aliphatic hydroxyl groups excluding tert-OH is 2. The number of pyridine rings is 1. The Kier molecular flexibility index (Phi) is 6.84. The van der Waals surface area contributed by atoms with Crippen LogP contribution < -0.4 is 4.74 Å². The zero-order valence-electron chi connectivity index (χ0n) is 18.1. The highest BCUT2D eigenvalue weighted by molar-refractivity contribution is 5.63. The number of aliphatic hydroxyl groups is 2. The topological polar surface area (TPSA) is 102 Å². The van der Waals surface area contributed by atoms with Crippen LogP contribution in [0.25, 0.3) is 22.8 Å². The average molecular weight is 412 g/mol. The van der Waals surface area contributed by atoms with Gasteiger partial charge in [-0.15, -0.1) is 0 Å². The van der Waals surface area contributed by atoms with Gasteiger partial charge in [-0.05, 0) is 68.5 Å². The molecule has 0 aliphatic heterocycles. The fourth-order valence-electron chi connectivity index (χ4n) is 3.38. The minimum absolute atomic E-state index is 0.0317. The minimum Gasteiger partial charge on any atom is -0.490 e. The first-order valence-corrected chi connectivity index (χ1v) is 10.1. The molecule has 0 fully saturated rings. The summed E-state index contributed by atoms with van der Waals surface area (Å²) in [6.07, 6.45) is -0.0202. The third-order valence-electron chi connectivity index (χ3n) is 4.65. The summed E-state index contributed by atoms with van der Waals surface area (Å²) in [7, 11) is 0. The number of nitrogens with zero attached hydrogens (tertiary/aromatic N) is 3. The number of rotatable bonds is 8. The molecule has 0 aliphatic carbocycles. The van der Waals surface area contributed by atoms with Crippen molar-refractivity contribution >= 4 is 0 Å². The van der Waals surface area contributed by atoms with Gasteiger partial charge in [-0.25, -0.2) is 0 Å². The highest BCUT2D eigenvalue weighted by atomic mass is 16.5. The van der Waals surface area contributed by atoms with Gasteiger partial charge >= 0.3 is 0 Å². The van der Waals surface area contributed by atoms with Crippen LogP contribution in [0.15, 0.2) is 28.8 Å². The molecule has 1 aromatic carbocycles. The van der Waals surface area contributed by atoms with Crippen LogP contribution in [0.2, 0.25) is 0 Å². The fourth-order valence-corrected chi connectivity index (χ4v) is 3.38. The standard InChI is InChI=1S/C23H29N3O4/c1-13(2)6-19-10-18(9-16(5)24-19)23-25-22(26-30-23)17-7-14(3)21(15(4)8-17)29-12-20(28)11-27/h7-10,13,20,27-28H,6,11-12H2,1-5H3/t20-/m0/s1. The molecule has 0 radical (unpaired) electrons. The molecular formula is C23H29N3O4. The molecule has 1 atom stereocenters. The molecule has 3 aromatic rings. The van der Waals surface area contributed by atoms with E-state index in [0.29, 0.717) is 23.4 Å². The van der Waals surface area contributed by atoms with Gasteiger partial charge in [-0.1, -0.05) is 19.0 Å². The van der Waals surface area contributed by atoms with Crippen LogP contribution in [-0.2, 0) is 6.42 Å². The van der Waals surface area contributed by atoms with Crippen LogP contribution in [0.4, 0.5) is 0 Å². The summed E-state index contributed by atoms with van der Waals surface area (Å²) < 4.78 is 11.2. The molecule has 0 amide bonds. The first-order chi connectivity index (χ1) is 14.3. The molecule has 0 spiro atoms. The Hall–Kier alpha value is -2.77. The van der Waals surface area contributed by atoms with E-state index >= 15 is 0 Å². The van der Waals surface area contributed by atoms with Crippen LogP contribution >= 0.6 is 0 Å². The van der Waals surface area contributed by atoms with E-state index in [2.05, 4.69) is 29.0 Å². The molecule has 0 saturated heterocycles. The van der Waals surface area contributed by atoms with Gasteiger partial charge in [-0.3, -0.25) is 4.98 Å². The monoisotopic (exact) mass is 411 g/mol. The van der Waals surface area contributed by atoms with Crippen molar-refractivity contribution in [2.24, 2.45) is 5.92 Å². The number of benzene rings is 1. The quantitative estimate of drug-likeness (QED) is 0.583. The summed E-state index contributed by atoms with van der Waals surface area (Å²) in [6, 6.07) is 7.79. The number of hydrogen-bond donors (Lipinski definition) is 2. The van der Waals surface area contributed by atoms with E-state index in [0.717, 1.165) is 40.1 Å². The van der Waals surface area contributed by atoms with Gasteiger partial charge < -0.3 is 19.5 Å². The van der Waals surface area contributed by atoms with Crippen LogP contribution in [-0.4, -0.2) is 44.7 Å². The second kappa shape index (κ2) is 9.36. The van der Waals surface area contributed by atoms with Crippen LogP contribution in [0.3, 0.4) is 0 Å². The van der Waals surface area contributed by atoms with Crippen molar-refractivity contribution in [3.63, 3.8) is 0 Å². The van der Waals surface area contributed by atoms with Crippen molar-refractivity contribution in [3.8, 4) is 28.6 Å². The number of aryl methyl sites for hydroxylation is 3. The molecule has 2 N–H and O–H groups in total. The second-order valence-electron chi connectivity index (χ2n) is 8.10. The molecular weight excluding hydrogens is 382 g/mol. The smallest absolute Gasteiger partial charge is 0.258 e. The van der Waals surface area contributed by atoms with Crippen molar-refractivity contribution in [1.82, 2.24) is 15.1 Å². The molecule has 2 heterocycles. The molecule has 0 unspecified atom stereocenters. The van der Waals surface area contributed by atoms with Crippen LogP contribution in [0.5, 0.6) is 5.75 Å². The maximum atomic E-state index is 9.52. The predicted molar refractivity (Wildman–Crippen MR) is 114 cm³/mol. The summed E-state index contributed by atoms with van der Waals surface area (Å²) in [5, 5.41) is 22.6. The minimum atomic E-state index is -0.910. The molecule has 0 saturated carbocycles. The van der Waals surface area contributed by atoms with Gasteiger partial charge in [0.15, 0.2) is 0 Å². The number of aromatic nitrogens is 3. The van der Waals surface area contributed by atoms with Gasteiger partial charge in [0.25, 0.3) is 5.89 Å². The van der Waals surface area contributed by atoms with Gasteiger partial charge in [0, 0.05) is 22.5 Å². The SMILES string of the molecule is Cc1cc(-c2nc(-c3cc(C)c(OC[C@@H](O)CO)c(C)c3)no2)cc(CC(C)C)n1. The summed E-state index contributed by atoms with van der Waals surface area (Å²) in [5.41, 5.74) is 5.40. The summed E-state index contributed by atoms with van der Waals surface area (Å²) in [5.74, 6) is 2.15. The third-order valence-corrected chi connectivity index (χ3v) is 4.65. The van der Waals surface area contributed by atoms with E-state index < -0.39 is 6.10 Å². The molecule has 2 aromatic heterocycles. The molecule has 7 heteroatoms. The van der Waals surface area contributed by atoms with E-state index in [9.17, 15) is 5.11 Å². The van der Waals surface area contributed by atoms with E-state index in [1.54, 1.807) is 0 Å². The Morgan fingerprint density at radius 2 is 1.70 bits per heavy atom. The highest BCUT2D eigenvalue weighted by Gasteiger charge is 2.16. The Morgan fingerprint density at radius 3 is 2.33 bits per heavy atom. The third kappa shape index (κ3) is 5.23. The zero-order valence-corrected chi connectivity index (χ0v) is 18.1. The summed E-state index contributed by atoms with van der Waals surface area (Å²) >= 11 is 0. The largest absolute Gasteiger partial charge is 0.490 e. The molecule has 7 nitrogen and oxygen atoms in total. The van der Waals surface area contributed by atoms with Gasteiger partial charge in [0.1, 0.15) is 18.5 Å². The van der Waals surface area contributed by atoms with Crippen molar-refractivity contribution in [2.75, 3.05) is 13.2 Å². The van der Waals surface area contributed by atoms with Gasteiger partial charge in [0.05, 0.1) is 6.61 Å². The molecule has 30 heavy (non-hydrogen) atoms. The van der Waals surface area contributed by atoms with E-state index in [-0.39, 0.29) is 13.2 Å². The second-order valence-corrected chi connectivity index (χ2v) is 8.10. The average Bonchev–Trinajstić information content (AvgIpc) is 3.16. The van der Waals surface area contributed by atoms with Crippen molar-refractivity contribution < 1.29 is 19.5 Å². The Morgan fingerprint density at radius 1 is 1.00 bits per heavy atom. The fraction of sp³-hybridized carbons (Fsp3) is 0.435. The molecule has 0 aliphatic rings. The van der Waals surface area contributed by atoms with Crippen molar-refractivity contribution in [1.29, 1.82) is 0 Å². The van der Waals surface area contributed by atoms with Gasteiger partial charge in [0.2, 0.25) is 5.82 Å². The summed E-state index contributed by atoms with van der Waals surface area (Å²) in [6.45, 7) is 9.82. The van der Waals surface area contributed by atoms with Crippen LogP contribution in [0, 0.1) is 26.7 Å². The Bertz CT molecular complexity index is 990. The molecule has 0 bridgehead atoms.